The van der Waals surface area contributed by atoms with Crippen molar-refractivity contribution in [3.8, 4) is 23.0 Å². The molecule has 0 saturated carbocycles. The number of alkyl halides is 6. The first kappa shape index (κ1) is 33.1. The molecule has 0 spiro atoms. The van der Waals surface area contributed by atoms with Gasteiger partial charge in [-0.1, -0.05) is 0 Å². The van der Waals surface area contributed by atoms with Crippen LogP contribution >= 0.6 is 11.7 Å². The second kappa shape index (κ2) is 11.5. The summed E-state index contributed by atoms with van der Waals surface area (Å²) in [5.41, 5.74) is -10.9. The van der Waals surface area contributed by atoms with Gasteiger partial charge in [-0.2, -0.15) is 35.1 Å². The third-order valence-corrected chi connectivity index (χ3v) is 11.4. The highest BCUT2D eigenvalue weighted by atomic mass is 32.2. The molecule has 1 heterocycles. The number of nitrogens with zero attached hydrogens (tertiary/aromatic N) is 2. The van der Waals surface area contributed by atoms with Crippen LogP contribution in [0.25, 0.3) is 11.0 Å². The summed E-state index contributed by atoms with van der Waals surface area (Å²) in [5, 5.41) is 0. The van der Waals surface area contributed by atoms with Gasteiger partial charge in [0.1, 0.15) is 38.9 Å². The van der Waals surface area contributed by atoms with E-state index in [0.717, 1.165) is 42.5 Å². The summed E-state index contributed by atoms with van der Waals surface area (Å²) in [5.74, 6) is -0.210. The Balaban J connectivity index is 1.39. The summed E-state index contributed by atoms with van der Waals surface area (Å²) in [4.78, 5) is -2.61. The summed E-state index contributed by atoms with van der Waals surface area (Å²) in [6.07, 6.45) is 0. The number of sulfone groups is 3. The Morgan fingerprint density at radius 2 is 0.913 bits per heavy atom. The number of fused-ring (bicyclic) bond motifs is 1. The molecule has 0 aliphatic rings. The summed E-state index contributed by atoms with van der Waals surface area (Å²) in [6, 6.07) is 13.9. The Kier molecular flexibility index (Phi) is 8.28. The lowest BCUT2D eigenvalue weighted by atomic mass is 10.3. The Morgan fingerprint density at radius 3 is 1.33 bits per heavy atom. The quantitative estimate of drug-likeness (QED) is 0.159. The van der Waals surface area contributed by atoms with E-state index in [0.29, 0.717) is 36.0 Å². The molecule has 5 aromatic rings. The van der Waals surface area contributed by atoms with Crippen LogP contribution in [0.2, 0.25) is 0 Å². The molecule has 0 radical (unpaired) electrons. The van der Waals surface area contributed by atoms with Crippen molar-refractivity contribution in [1.29, 1.82) is 0 Å². The lowest BCUT2D eigenvalue weighted by Crippen LogP contribution is -2.23. The fraction of sp³-hybridized carbons (Fsp3) is 0.0769. The van der Waals surface area contributed by atoms with E-state index in [-0.39, 0.29) is 43.8 Å². The molecule has 4 aromatic carbocycles. The minimum Gasteiger partial charge on any atom is -0.457 e. The highest BCUT2D eigenvalue weighted by molar-refractivity contribution is 7.92. The molecule has 0 fully saturated rings. The highest BCUT2D eigenvalue weighted by Crippen LogP contribution is 2.36. The summed E-state index contributed by atoms with van der Waals surface area (Å²) in [7, 11) is -15.5. The second-order valence-electron chi connectivity index (χ2n) is 9.07. The molecule has 0 aliphatic heterocycles. The highest BCUT2D eigenvalue weighted by Gasteiger charge is 2.47. The Bertz CT molecular complexity index is 2250. The molecule has 242 valence electrons. The first-order valence-electron chi connectivity index (χ1n) is 12.1. The molecule has 20 heteroatoms. The molecule has 0 unspecified atom stereocenters. The Hall–Kier alpha value is -4.27. The van der Waals surface area contributed by atoms with Crippen LogP contribution in [-0.2, 0) is 29.5 Å². The van der Waals surface area contributed by atoms with Crippen molar-refractivity contribution in [3.63, 3.8) is 0 Å². The van der Waals surface area contributed by atoms with Crippen LogP contribution in [0.3, 0.4) is 0 Å². The zero-order valence-corrected chi connectivity index (χ0v) is 25.4. The molecular weight excluding hydrogens is 711 g/mol. The molecule has 0 aliphatic carbocycles. The molecule has 1 aromatic heterocycles. The van der Waals surface area contributed by atoms with Gasteiger partial charge in [-0.05, 0) is 72.8 Å². The molecule has 46 heavy (non-hydrogen) atoms. The van der Waals surface area contributed by atoms with E-state index in [1.54, 1.807) is 0 Å². The summed E-state index contributed by atoms with van der Waals surface area (Å²) in [6.45, 7) is 0. The van der Waals surface area contributed by atoms with E-state index in [1.165, 1.54) is 18.2 Å². The lowest BCUT2D eigenvalue weighted by Gasteiger charge is -2.12. The smallest absolute Gasteiger partial charge is 0.457 e. The van der Waals surface area contributed by atoms with Gasteiger partial charge in [0, 0.05) is 12.1 Å². The average Bonchev–Trinajstić information content (AvgIpc) is 3.45. The third kappa shape index (κ3) is 6.24. The summed E-state index contributed by atoms with van der Waals surface area (Å²) < 4.78 is 169. The molecule has 10 nitrogen and oxygen atoms in total. The number of ether oxygens (including phenoxy) is 2. The number of rotatable bonds is 8. The normalized spacial score (nSPS) is 13.1. The van der Waals surface area contributed by atoms with Crippen LogP contribution in [0.1, 0.15) is 0 Å². The first-order valence-corrected chi connectivity index (χ1v) is 17.3. The Morgan fingerprint density at radius 1 is 0.522 bits per heavy atom. The van der Waals surface area contributed by atoms with Crippen LogP contribution in [0, 0.1) is 0 Å². The van der Waals surface area contributed by atoms with Gasteiger partial charge in [0.05, 0.1) is 26.4 Å². The molecule has 5 rings (SSSR count). The van der Waals surface area contributed by atoms with Gasteiger partial charge in [-0.15, -0.1) is 0 Å². The van der Waals surface area contributed by atoms with Crippen molar-refractivity contribution >= 4 is 52.3 Å². The van der Waals surface area contributed by atoms with Crippen LogP contribution in [-0.4, -0.2) is 45.0 Å². The van der Waals surface area contributed by atoms with Gasteiger partial charge in [-0.25, -0.2) is 25.3 Å². The number of halogens is 6. The fourth-order valence-electron chi connectivity index (χ4n) is 3.83. The number of hydrogen-bond donors (Lipinski definition) is 0. The van der Waals surface area contributed by atoms with Crippen molar-refractivity contribution in [2.45, 2.75) is 30.6 Å². The molecule has 0 bridgehead atoms. The van der Waals surface area contributed by atoms with Gasteiger partial charge in [0.15, 0.2) is 0 Å². The molecule has 0 amide bonds. The van der Waals surface area contributed by atoms with Crippen molar-refractivity contribution in [1.82, 2.24) is 8.75 Å². The SMILES string of the molecule is O=S(=O)(c1ccc(Oc2ccc(S(=O)(=O)C(F)(F)F)cc2)cc1)c1cc(Oc2ccc(S(=O)(=O)C(F)(F)F)cc2)cc2nsnc12. The van der Waals surface area contributed by atoms with E-state index < -0.39 is 50.3 Å². The molecule has 0 atom stereocenters. The number of benzene rings is 4. The maximum Gasteiger partial charge on any atom is 0.501 e. The minimum atomic E-state index is -5.60. The van der Waals surface area contributed by atoms with Crippen LogP contribution in [0.5, 0.6) is 23.0 Å². The van der Waals surface area contributed by atoms with Gasteiger partial charge in [0.2, 0.25) is 9.84 Å². The maximum absolute atomic E-state index is 13.6. The topological polar surface area (TPSA) is 147 Å². The maximum atomic E-state index is 13.6. The molecule has 0 N–H and O–H groups in total. The fourth-order valence-corrected chi connectivity index (χ4v) is 7.37. The summed E-state index contributed by atoms with van der Waals surface area (Å²) >= 11 is 0.694. The monoisotopic (exact) mass is 724 g/mol. The van der Waals surface area contributed by atoms with Crippen LogP contribution in [0.15, 0.2) is 105 Å². The largest absolute Gasteiger partial charge is 0.501 e. The second-order valence-corrected chi connectivity index (χ2v) is 15.4. The van der Waals surface area contributed by atoms with Crippen molar-refractivity contribution < 1.29 is 61.1 Å². The van der Waals surface area contributed by atoms with E-state index >= 15 is 0 Å². The zero-order valence-electron chi connectivity index (χ0n) is 22.1. The van der Waals surface area contributed by atoms with Gasteiger partial charge >= 0.3 is 11.0 Å². The van der Waals surface area contributed by atoms with Crippen molar-refractivity contribution in [3.05, 3.63) is 84.9 Å². The van der Waals surface area contributed by atoms with Gasteiger partial charge < -0.3 is 9.47 Å². The van der Waals surface area contributed by atoms with Gasteiger partial charge in [-0.3, -0.25) is 0 Å². The van der Waals surface area contributed by atoms with Crippen LogP contribution < -0.4 is 9.47 Å². The zero-order chi connectivity index (χ0) is 33.7. The van der Waals surface area contributed by atoms with Crippen molar-refractivity contribution in [2.24, 2.45) is 0 Å². The minimum absolute atomic E-state index is 0.0156. The number of hydrogen-bond acceptors (Lipinski definition) is 11. The Labute approximate surface area is 259 Å². The number of aromatic nitrogens is 2. The first-order chi connectivity index (χ1) is 21.3. The standard InChI is InChI=1S/C26H14F6N2O8S4/c27-25(28,29)45(37,38)20-9-3-16(4-10-20)41-15-1-7-19(8-2-15)44(35,36)23-14-18(13-22-24(23)34-43-33-22)42-17-5-11-21(12-6-17)46(39,40)26(30,31)32/h1-14H. The van der Waals surface area contributed by atoms with Gasteiger partial charge in [0.25, 0.3) is 19.7 Å². The van der Waals surface area contributed by atoms with Crippen molar-refractivity contribution in [2.75, 3.05) is 0 Å². The van der Waals surface area contributed by atoms with E-state index in [1.807, 2.05) is 0 Å². The average molecular weight is 725 g/mol. The van der Waals surface area contributed by atoms with E-state index in [2.05, 4.69) is 8.75 Å². The predicted octanol–water partition coefficient (Wildman–Crippen LogP) is 6.70. The predicted molar refractivity (Wildman–Crippen MR) is 149 cm³/mol. The van der Waals surface area contributed by atoms with E-state index in [9.17, 15) is 51.6 Å². The molecule has 0 saturated heterocycles. The molecular formula is C26H14F6N2O8S4. The third-order valence-electron chi connectivity index (χ3n) is 6.07. The lowest BCUT2D eigenvalue weighted by molar-refractivity contribution is -0.0442. The van der Waals surface area contributed by atoms with E-state index in [4.69, 9.17) is 9.47 Å². The van der Waals surface area contributed by atoms with Crippen LogP contribution in [0.4, 0.5) is 26.3 Å².